The Kier molecular flexibility index (Phi) is 4.85. The molecule has 0 aliphatic carbocycles. The molecule has 2 unspecified atom stereocenters. The van der Waals surface area contributed by atoms with Crippen LogP contribution in [0.5, 0.6) is 0 Å². The Morgan fingerprint density at radius 3 is 2.71 bits per heavy atom. The van der Waals surface area contributed by atoms with Crippen LogP contribution in [-0.2, 0) is 0 Å². The lowest BCUT2D eigenvalue weighted by Gasteiger charge is -2.38. The predicted octanol–water partition coefficient (Wildman–Crippen LogP) is 0.545. The van der Waals surface area contributed by atoms with Crippen molar-refractivity contribution in [2.45, 2.75) is 26.3 Å². The van der Waals surface area contributed by atoms with Gasteiger partial charge < -0.3 is 15.3 Å². The van der Waals surface area contributed by atoms with E-state index in [0.717, 1.165) is 24.9 Å². The van der Waals surface area contributed by atoms with E-state index >= 15 is 0 Å². The van der Waals surface area contributed by atoms with Crippen LogP contribution < -0.4 is 5.32 Å². The molecule has 0 aromatic carbocycles. The normalized spacial score (nSPS) is 29.8. The molecule has 1 fully saturated rings. The number of rotatable bonds is 4. The molecule has 0 bridgehead atoms. The predicted molar refractivity (Wildman–Crippen MR) is 59.3 cm³/mol. The molecule has 3 nitrogen and oxygen atoms in total. The Hall–Kier alpha value is -0.120. The fourth-order valence-corrected chi connectivity index (χ4v) is 2.27. The molecule has 14 heavy (non-hydrogen) atoms. The van der Waals surface area contributed by atoms with Gasteiger partial charge >= 0.3 is 0 Å². The van der Waals surface area contributed by atoms with Crippen molar-refractivity contribution < 1.29 is 5.11 Å². The third kappa shape index (κ3) is 3.56. The van der Waals surface area contributed by atoms with E-state index in [4.69, 9.17) is 5.11 Å². The van der Waals surface area contributed by atoms with Crippen molar-refractivity contribution in [1.82, 2.24) is 10.2 Å². The number of hydrogen-bond acceptors (Lipinski definition) is 3. The Labute approximate surface area is 87.5 Å². The van der Waals surface area contributed by atoms with Crippen LogP contribution in [0.2, 0.25) is 0 Å². The quantitative estimate of drug-likeness (QED) is 0.695. The Morgan fingerprint density at radius 1 is 1.43 bits per heavy atom. The highest BCUT2D eigenvalue weighted by molar-refractivity contribution is 4.83. The average molecular weight is 200 g/mol. The number of likely N-dealkylation sites (tertiary alicyclic amines) is 1. The molecule has 0 amide bonds. The van der Waals surface area contributed by atoms with Crippen LogP contribution in [0.1, 0.15) is 20.3 Å². The third-order valence-electron chi connectivity index (χ3n) is 3.15. The van der Waals surface area contributed by atoms with Crippen LogP contribution >= 0.6 is 0 Å². The van der Waals surface area contributed by atoms with Crippen molar-refractivity contribution in [3.63, 3.8) is 0 Å². The first kappa shape index (κ1) is 12.0. The average Bonchev–Trinajstić information content (AvgIpc) is 2.14. The summed E-state index contributed by atoms with van der Waals surface area (Å²) in [7, 11) is 2.18. The zero-order valence-corrected chi connectivity index (χ0v) is 9.66. The molecule has 84 valence electrons. The molecule has 1 aliphatic heterocycles. The zero-order valence-electron chi connectivity index (χ0n) is 9.66. The molecule has 0 spiro atoms. The van der Waals surface area contributed by atoms with E-state index < -0.39 is 0 Å². The van der Waals surface area contributed by atoms with E-state index in [1.165, 1.54) is 13.0 Å². The highest BCUT2D eigenvalue weighted by atomic mass is 16.3. The smallest absolute Gasteiger partial charge is 0.0556 e. The largest absolute Gasteiger partial charge is 0.395 e. The van der Waals surface area contributed by atoms with Gasteiger partial charge in [-0.1, -0.05) is 13.8 Å². The summed E-state index contributed by atoms with van der Waals surface area (Å²) < 4.78 is 0. The maximum atomic E-state index is 8.76. The molecule has 3 heteroatoms. The molecular weight excluding hydrogens is 176 g/mol. The third-order valence-corrected chi connectivity index (χ3v) is 3.15. The molecule has 2 N–H and O–H groups in total. The van der Waals surface area contributed by atoms with E-state index in [9.17, 15) is 0 Å². The molecule has 0 aromatic rings. The standard InChI is InChI=1S/C11H24N2O/c1-9(2)10-6-11(12-4-5-14)8-13(3)7-10/h9-12,14H,4-8H2,1-3H3. The molecule has 0 saturated carbocycles. The second-order valence-electron chi connectivity index (χ2n) is 4.84. The number of aliphatic hydroxyl groups is 1. The van der Waals surface area contributed by atoms with Crippen molar-refractivity contribution in [2.75, 3.05) is 33.3 Å². The van der Waals surface area contributed by atoms with Crippen LogP contribution in [0.3, 0.4) is 0 Å². The fourth-order valence-electron chi connectivity index (χ4n) is 2.27. The molecule has 0 aromatic heterocycles. The van der Waals surface area contributed by atoms with Gasteiger partial charge in [0.1, 0.15) is 0 Å². The van der Waals surface area contributed by atoms with E-state index in [1.807, 2.05) is 0 Å². The summed E-state index contributed by atoms with van der Waals surface area (Å²) >= 11 is 0. The van der Waals surface area contributed by atoms with Crippen LogP contribution in [0.15, 0.2) is 0 Å². The Bertz CT molecular complexity index is 161. The van der Waals surface area contributed by atoms with Crippen molar-refractivity contribution in [1.29, 1.82) is 0 Å². The van der Waals surface area contributed by atoms with Crippen LogP contribution in [-0.4, -0.2) is 49.3 Å². The summed E-state index contributed by atoms with van der Waals surface area (Å²) in [6.45, 7) is 7.90. The van der Waals surface area contributed by atoms with Gasteiger partial charge in [-0.15, -0.1) is 0 Å². The minimum atomic E-state index is 0.243. The minimum absolute atomic E-state index is 0.243. The van der Waals surface area contributed by atoms with E-state index in [-0.39, 0.29) is 6.61 Å². The van der Waals surface area contributed by atoms with Gasteiger partial charge in [-0.3, -0.25) is 0 Å². The van der Waals surface area contributed by atoms with Crippen molar-refractivity contribution in [3.05, 3.63) is 0 Å². The molecule has 1 rings (SSSR count). The molecular formula is C11H24N2O. The number of aliphatic hydroxyl groups excluding tert-OH is 1. The number of nitrogens with one attached hydrogen (secondary N) is 1. The minimum Gasteiger partial charge on any atom is -0.395 e. The molecule has 1 heterocycles. The highest BCUT2D eigenvalue weighted by Gasteiger charge is 2.26. The topological polar surface area (TPSA) is 35.5 Å². The van der Waals surface area contributed by atoms with Gasteiger partial charge in [0, 0.05) is 25.7 Å². The van der Waals surface area contributed by atoms with Gasteiger partial charge in [-0.05, 0) is 25.3 Å². The van der Waals surface area contributed by atoms with Gasteiger partial charge in [0.15, 0.2) is 0 Å². The first-order valence-corrected chi connectivity index (χ1v) is 5.66. The first-order chi connectivity index (χ1) is 6.63. The van der Waals surface area contributed by atoms with Crippen molar-refractivity contribution in [3.8, 4) is 0 Å². The number of nitrogens with zero attached hydrogens (tertiary/aromatic N) is 1. The fraction of sp³-hybridized carbons (Fsp3) is 1.00. The monoisotopic (exact) mass is 200 g/mol. The van der Waals surface area contributed by atoms with Crippen LogP contribution in [0, 0.1) is 11.8 Å². The summed E-state index contributed by atoms with van der Waals surface area (Å²) in [5.74, 6) is 1.56. The zero-order chi connectivity index (χ0) is 10.6. The van der Waals surface area contributed by atoms with Crippen molar-refractivity contribution in [2.24, 2.45) is 11.8 Å². The molecule has 1 aliphatic rings. The maximum absolute atomic E-state index is 8.76. The molecule has 0 radical (unpaired) electrons. The second-order valence-corrected chi connectivity index (χ2v) is 4.84. The van der Waals surface area contributed by atoms with E-state index in [2.05, 4.69) is 31.1 Å². The van der Waals surface area contributed by atoms with Gasteiger partial charge in [0.2, 0.25) is 0 Å². The van der Waals surface area contributed by atoms with E-state index in [1.54, 1.807) is 0 Å². The Morgan fingerprint density at radius 2 is 2.14 bits per heavy atom. The summed E-state index contributed by atoms with van der Waals surface area (Å²) in [6, 6.07) is 0.563. The van der Waals surface area contributed by atoms with Crippen molar-refractivity contribution >= 4 is 0 Å². The SMILES string of the molecule is CC(C)C1CC(NCCO)CN(C)C1. The maximum Gasteiger partial charge on any atom is 0.0556 e. The highest BCUT2D eigenvalue weighted by Crippen LogP contribution is 2.22. The summed E-state index contributed by atoms with van der Waals surface area (Å²) in [5.41, 5.74) is 0. The lowest BCUT2D eigenvalue weighted by molar-refractivity contribution is 0.135. The van der Waals surface area contributed by atoms with Gasteiger partial charge in [-0.2, -0.15) is 0 Å². The van der Waals surface area contributed by atoms with E-state index in [0.29, 0.717) is 6.04 Å². The van der Waals surface area contributed by atoms with Gasteiger partial charge in [0.25, 0.3) is 0 Å². The van der Waals surface area contributed by atoms with Crippen LogP contribution in [0.4, 0.5) is 0 Å². The molecule has 1 saturated heterocycles. The summed E-state index contributed by atoms with van der Waals surface area (Å²) in [4.78, 5) is 2.39. The summed E-state index contributed by atoms with van der Waals surface area (Å²) in [6.07, 6.45) is 1.25. The first-order valence-electron chi connectivity index (χ1n) is 5.66. The number of hydrogen-bond donors (Lipinski definition) is 2. The molecule has 2 atom stereocenters. The Balaban J connectivity index is 2.37. The van der Waals surface area contributed by atoms with Gasteiger partial charge in [-0.25, -0.2) is 0 Å². The van der Waals surface area contributed by atoms with Gasteiger partial charge in [0.05, 0.1) is 6.61 Å². The number of likely N-dealkylation sites (N-methyl/N-ethyl adjacent to an activating group) is 1. The lowest BCUT2D eigenvalue weighted by atomic mass is 9.86. The lowest BCUT2D eigenvalue weighted by Crippen LogP contribution is -2.49. The number of piperidine rings is 1. The van der Waals surface area contributed by atoms with Crippen LogP contribution in [0.25, 0.3) is 0 Å². The summed E-state index contributed by atoms with van der Waals surface area (Å²) in [5, 5.41) is 12.2. The second kappa shape index (κ2) is 5.69.